The molecule has 12 nitrogen and oxygen atoms in total. The van der Waals surface area contributed by atoms with Crippen molar-refractivity contribution in [3.05, 3.63) is 46.5 Å². The first-order chi connectivity index (χ1) is 17.5. The van der Waals surface area contributed by atoms with Crippen molar-refractivity contribution in [2.24, 2.45) is 5.92 Å². The number of piperidine rings is 1. The highest BCUT2D eigenvalue weighted by Gasteiger charge is 2.27. The Morgan fingerprint density at radius 1 is 1.18 bits per heavy atom. The molecule has 0 unspecified atom stereocenters. The van der Waals surface area contributed by atoms with Gasteiger partial charge in [0.25, 0.3) is 11.5 Å². The molecule has 0 saturated carbocycles. The van der Waals surface area contributed by atoms with Crippen LogP contribution in [0.2, 0.25) is 0 Å². The molecule has 14 heteroatoms. The normalized spacial score (nSPS) is 18.9. The first kappa shape index (κ1) is 29.5. The van der Waals surface area contributed by atoms with Gasteiger partial charge in [-0.25, -0.2) is 9.97 Å². The fourth-order valence-corrected chi connectivity index (χ4v) is 4.58. The van der Waals surface area contributed by atoms with Crippen molar-refractivity contribution in [3.8, 4) is 11.6 Å². The Balaban J connectivity index is 0.00000200. The number of anilines is 1. The molecule has 5 heterocycles. The molecule has 3 aromatic heterocycles. The van der Waals surface area contributed by atoms with E-state index in [1.807, 2.05) is 6.07 Å². The minimum Gasteiger partial charge on any atom is -0.481 e. The number of aliphatic hydroxyl groups excluding tert-OH is 1. The fourth-order valence-electron chi connectivity index (χ4n) is 4.58. The smallest absolute Gasteiger partial charge is 0.270 e. The third-order valence-corrected chi connectivity index (χ3v) is 6.54. The second-order valence-corrected chi connectivity index (χ2v) is 8.98. The topological polar surface area (TPSA) is 144 Å². The number of halogens is 2. The van der Waals surface area contributed by atoms with Crippen molar-refractivity contribution in [3.63, 3.8) is 0 Å². The number of likely N-dealkylation sites (tertiary alicyclic amines) is 1. The lowest BCUT2D eigenvalue weighted by atomic mass is 9.94. The minimum absolute atomic E-state index is 0. The number of carbonyl (C=O) groups is 1. The van der Waals surface area contributed by atoms with Crippen molar-refractivity contribution < 1.29 is 19.4 Å². The van der Waals surface area contributed by atoms with E-state index in [9.17, 15) is 14.7 Å². The van der Waals surface area contributed by atoms with Crippen LogP contribution in [0.15, 0.2) is 35.3 Å². The summed E-state index contributed by atoms with van der Waals surface area (Å²) >= 11 is 0. The Morgan fingerprint density at radius 2 is 2.03 bits per heavy atom. The van der Waals surface area contributed by atoms with Crippen LogP contribution in [0.4, 0.5) is 5.82 Å². The lowest BCUT2D eigenvalue weighted by Gasteiger charge is -2.36. The van der Waals surface area contributed by atoms with Crippen molar-refractivity contribution in [2.45, 2.75) is 25.6 Å². The zero-order valence-electron chi connectivity index (χ0n) is 20.8. The molecule has 5 rings (SSSR count). The first-order valence-corrected chi connectivity index (χ1v) is 11.9. The number of hydrogen-bond acceptors (Lipinski definition) is 10. The van der Waals surface area contributed by atoms with E-state index in [1.165, 1.54) is 13.3 Å². The molecule has 1 saturated heterocycles. The zero-order chi connectivity index (χ0) is 25.1. The number of hydrogen-bond donors (Lipinski definition) is 3. The van der Waals surface area contributed by atoms with Gasteiger partial charge in [-0.1, -0.05) is 0 Å². The quantitative estimate of drug-likeness (QED) is 0.358. The summed E-state index contributed by atoms with van der Waals surface area (Å²) in [7, 11) is 1.54. The number of nitrogens with zero attached hydrogens (tertiary/aromatic N) is 5. The minimum atomic E-state index is -0.409. The molecular formula is C24H31Cl2N7O5. The average Bonchev–Trinajstić information content (AvgIpc) is 2.89. The van der Waals surface area contributed by atoms with Gasteiger partial charge in [-0.2, -0.15) is 4.98 Å². The van der Waals surface area contributed by atoms with E-state index in [-0.39, 0.29) is 48.8 Å². The highest BCUT2D eigenvalue weighted by Crippen LogP contribution is 2.25. The van der Waals surface area contributed by atoms with E-state index in [0.29, 0.717) is 67.8 Å². The molecule has 2 aliphatic heterocycles. The van der Waals surface area contributed by atoms with Gasteiger partial charge in [0.15, 0.2) is 23.8 Å². The summed E-state index contributed by atoms with van der Waals surface area (Å²) in [6.07, 6.45) is 1.56. The van der Waals surface area contributed by atoms with Crippen LogP contribution in [0.5, 0.6) is 11.6 Å². The van der Waals surface area contributed by atoms with Crippen LogP contribution >= 0.6 is 24.8 Å². The van der Waals surface area contributed by atoms with Crippen molar-refractivity contribution >= 4 is 47.7 Å². The maximum atomic E-state index is 12.5. The van der Waals surface area contributed by atoms with E-state index in [0.717, 1.165) is 12.2 Å². The summed E-state index contributed by atoms with van der Waals surface area (Å²) in [5.74, 6) is 1.23. The summed E-state index contributed by atoms with van der Waals surface area (Å²) in [6, 6.07) is 7.16. The molecule has 1 fully saturated rings. The average molecular weight is 568 g/mol. The lowest BCUT2D eigenvalue weighted by Crippen LogP contribution is -2.48. The number of aliphatic hydroxyl groups is 1. The number of pyridine rings is 2. The summed E-state index contributed by atoms with van der Waals surface area (Å²) in [5, 5.41) is 16.6. The van der Waals surface area contributed by atoms with Gasteiger partial charge < -0.3 is 30.1 Å². The zero-order valence-corrected chi connectivity index (χ0v) is 22.5. The molecule has 2 aliphatic rings. The highest BCUT2D eigenvalue weighted by atomic mass is 35.5. The van der Waals surface area contributed by atoms with Crippen LogP contribution in [-0.2, 0) is 17.9 Å². The largest absolute Gasteiger partial charge is 0.481 e. The Labute approximate surface area is 231 Å². The second-order valence-electron chi connectivity index (χ2n) is 8.98. The fraction of sp³-hybridized carbons (Fsp3) is 0.458. The standard InChI is InChI=1S/C24H29N7O5.2ClH/c1-35-21-5-3-17-24(29-21)31(22(34)12-26-17)9-8-30-7-6-18(32)15(13-30)10-25-11-16-2-4-19-23(27-16)28-20(33)14-36-19;;/h2-5,12,15,18,25,32H,6-11,13-14H2,1H3,(H,27,28,33);2*1H/t15-,18+;;/m0../s1. The monoisotopic (exact) mass is 567 g/mol. The number of methoxy groups -OCH3 is 1. The third kappa shape index (κ3) is 6.69. The van der Waals surface area contributed by atoms with Gasteiger partial charge in [-0.05, 0) is 24.6 Å². The van der Waals surface area contributed by atoms with E-state index >= 15 is 0 Å². The van der Waals surface area contributed by atoms with E-state index in [2.05, 4.69) is 30.5 Å². The van der Waals surface area contributed by atoms with Crippen LogP contribution in [0.3, 0.4) is 0 Å². The van der Waals surface area contributed by atoms with Gasteiger partial charge in [-0.3, -0.25) is 14.2 Å². The molecule has 206 valence electrons. The van der Waals surface area contributed by atoms with Gasteiger partial charge in [0.1, 0.15) is 5.52 Å². The number of rotatable bonds is 8. The van der Waals surface area contributed by atoms with Gasteiger partial charge in [0.05, 0.1) is 25.1 Å². The maximum Gasteiger partial charge on any atom is 0.270 e. The maximum absolute atomic E-state index is 12.5. The first-order valence-electron chi connectivity index (χ1n) is 11.9. The molecule has 0 spiro atoms. The van der Waals surface area contributed by atoms with Gasteiger partial charge in [0.2, 0.25) is 5.88 Å². The summed E-state index contributed by atoms with van der Waals surface area (Å²) in [5.41, 5.74) is 1.69. The second kappa shape index (κ2) is 13.2. The van der Waals surface area contributed by atoms with Crippen LogP contribution in [0, 0.1) is 5.92 Å². The number of fused-ring (bicyclic) bond motifs is 2. The SMILES string of the molecule is COc1ccc2ncc(=O)n(CCN3CC[C@@H](O)[C@@H](CNCc4ccc5c(n4)NC(=O)CO5)C3)c2n1.Cl.Cl. The third-order valence-electron chi connectivity index (χ3n) is 6.54. The van der Waals surface area contributed by atoms with Crippen LogP contribution < -0.4 is 25.7 Å². The molecule has 2 atom stereocenters. The van der Waals surface area contributed by atoms with E-state index in [4.69, 9.17) is 9.47 Å². The lowest BCUT2D eigenvalue weighted by molar-refractivity contribution is -0.118. The Hall–Kier alpha value is -3.03. The number of aromatic nitrogens is 4. The van der Waals surface area contributed by atoms with Gasteiger partial charge in [-0.15, -0.1) is 24.8 Å². The highest BCUT2D eigenvalue weighted by molar-refractivity contribution is 5.94. The van der Waals surface area contributed by atoms with Gasteiger partial charge in [0, 0.05) is 51.3 Å². The molecular weight excluding hydrogens is 537 g/mol. The van der Waals surface area contributed by atoms with Gasteiger partial charge >= 0.3 is 0 Å². The molecule has 0 aliphatic carbocycles. The predicted octanol–water partition coefficient (Wildman–Crippen LogP) is 0.842. The van der Waals surface area contributed by atoms with Crippen LogP contribution in [0.25, 0.3) is 11.2 Å². The van der Waals surface area contributed by atoms with Crippen LogP contribution in [0.1, 0.15) is 12.1 Å². The molecule has 38 heavy (non-hydrogen) atoms. The summed E-state index contributed by atoms with van der Waals surface area (Å²) in [6.45, 7) is 3.66. The molecule has 3 aromatic rings. The molecule has 1 amide bonds. The Bertz CT molecular complexity index is 1330. The van der Waals surface area contributed by atoms with E-state index < -0.39 is 6.10 Å². The summed E-state index contributed by atoms with van der Waals surface area (Å²) < 4.78 is 12.2. The molecule has 3 N–H and O–H groups in total. The van der Waals surface area contributed by atoms with Crippen molar-refractivity contribution in [2.75, 3.05) is 45.2 Å². The molecule has 0 bridgehead atoms. The van der Waals surface area contributed by atoms with E-state index in [1.54, 1.807) is 22.8 Å². The number of amides is 1. The number of carbonyl (C=O) groups excluding carboxylic acids is 1. The molecule has 0 aromatic carbocycles. The summed E-state index contributed by atoms with van der Waals surface area (Å²) in [4.78, 5) is 39.3. The van der Waals surface area contributed by atoms with Crippen LogP contribution in [-0.4, -0.2) is 81.4 Å². The van der Waals surface area contributed by atoms with Crippen molar-refractivity contribution in [1.82, 2.24) is 29.7 Å². The Morgan fingerprint density at radius 3 is 2.84 bits per heavy atom. The number of nitrogens with one attached hydrogen (secondary N) is 2. The number of ether oxygens (including phenoxy) is 2. The van der Waals surface area contributed by atoms with Crippen molar-refractivity contribution in [1.29, 1.82) is 0 Å². The molecule has 0 radical (unpaired) electrons. The predicted molar refractivity (Wildman–Crippen MR) is 145 cm³/mol. The Kier molecular flexibility index (Phi) is 10.2.